The number of hydrazine groups is 1. The van der Waals surface area contributed by atoms with Crippen molar-refractivity contribution >= 4 is 17.8 Å². The minimum Gasteiger partial charge on any atom is -0.465 e. The molecule has 0 heterocycles. The highest BCUT2D eigenvalue weighted by molar-refractivity contribution is 5.86. The largest absolute Gasteiger partial charge is 0.465 e. The number of amides is 2. The molecule has 0 saturated heterocycles. The Morgan fingerprint density at radius 2 is 1.90 bits per heavy atom. The SMILES string of the molecule is CCOC(=O)CN(NC(=O)Cc1ccccc1)C(=O)CF. The molecule has 21 heavy (non-hydrogen) atoms. The van der Waals surface area contributed by atoms with E-state index in [4.69, 9.17) is 0 Å². The maximum atomic E-state index is 12.5. The molecular weight excluding hydrogens is 279 g/mol. The number of rotatable bonds is 6. The molecule has 0 unspecified atom stereocenters. The van der Waals surface area contributed by atoms with E-state index in [2.05, 4.69) is 10.2 Å². The van der Waals surface area contributed by atoms with Crippen LogP contribution in [-0.2, 0) is 25.5 Å². The van der Waals surface area contributed by atoms with Gasteiger partial charge in [-0.1, -0.05) is 30.3 Å². The Hall–Kier alpha value is -2.44. The fourth-order valence-corrected chi connectivity index (χ4v) is 1.57. The third-order valence-electron chi connectivity index (χ3n) is 2.48. The van der Waals surface area contributed by atoms with Crippen LogP contribution in [0.25, 0.3) is 0 Å². The van der Waals surface area contributed by atoms with Gasteiger partial charge in [-0.2, -0.15) is 0 Å². The van der Waals surface area contributed by atoms with Crippen LogP contribution in [0, 0.1) is 0 Å². The molecule has 0 fully saturated rings. The molecule has 0 saturated carbocycles. The van der Waals surface area contributed by atoms with Gasteiger partial charge in [0, 0.05) is 0 Å². The van der Waals surface area contributed by atoms with Crippen molar-refractivity contribution in [3.8, 4) is 0 Å². The molecule has 0 aliphatic heterocycles. The topological polar surface area (TPSA) is 75.7 Å². The summed E-state index contributed by atoms with van der Waals surface area (Å²) in [5.41, 5.74) is 2.94. The molecule has 0 aromatic heterocycles. The molecule has 1 aromatic rings. The minimum absolute atomic E-state index is 0.0136. The molecule has 114 valence electrons. The number of halogens is 1. The molecule has 0 aliphatic rings. The summed E-state index contributed by atoms with van der Waals surface area (Å²) in [5.74, 6) is -2.25. The number of nitrogens with zero attached hydrogens (tertiary/aromatic N) is 1. The normalized spacial score (nSPS) is 9.81. The molecule has 0 aliphatic carbocycles. The van der Waals surface area contributed by atoms with Gasteiger partial charge in [-0.15, -0.1) is 0 Å². The number of ether oxygens (including phenoxy) is 1. The highest BCUT2D eigenvalue weighted by Crippen LogP contribution is 2.00. The first-order valence-corrected chi connectivity index (χ1v) is 6.42. The lowest BCUT2D eigenvalue weighted by Gasteiger charge is -2.21. The maximum Gasteiger partial charge on any atom is 0.327 e. The van der Waals surface area contributed by atoms with Gasteiger partial charge in [0.15, 0.2) is 6.67 Å². The number of benzene rings is 1. The van der Waals surface area contributed by atoms with Gasteiger partial charge >= 0.3 is 5.97 Å². The van der Waals surface area contributed by atoms with Crippen LogP contribution in [0.3, 0.4) is 0 Å². The third-order valence-corrected chi connectivity index (χ3v) is 2.48. The molecule has 0 radical (unpaired) electrons. The number of hydrogen-bond acceptors (Lipinski definition) is 4. The monoisotopic (exact) mass is 296 g/mol. The number of carbonyl (C=O) groups is 3. The Balaban J connectivity index is 2.61. The second-order valence-corrected chi connectivity index (χ2v) is 4.12. The molecule has 0 bridgehead atoms. The standard InChI is InChI=1S/C14H17FN2O4/c1-2-21-14(20)10-17(13(19)9-15)16-12(18)8-11-6-4-3-5-7-11/h3-7H,2,8-10H2,1H3,(H,16,18). The van der Waals surface area contributed by atoms with E-state index in [1.54, 1.807) is 37.3 Å². The first-order chi connectivity index (χ1) is 10.1. The summed E-state index contributed by atoms with van der Waals surface area (Å²) in [6.07, 6.45) is 0.0136. The molecular formula is C14H17FN2O4. The van der Waals surface area contributed by atoms with E-state index >= 15 is 0 Å². The summed E-state index contributed by atoms with van der Waals surface area (Å²) in [4.78, 5) is 34.5. The minimum atomic E-state index is -1.31. The van der Waals surface area contributed by atoms with Crippen LogP contribution in [0.5, 0.6) is 0 Å². The maximum absolute atomic E-state index is 12.5. The summed E-state index contributed by atoms with van der Waals surface area (Å²) in [7, 11) is 0. The smallest absolute Gasteiger partial charge is 0.327 e. The van der Waals surface area contributed by atoms with Crippen LogP contribution in [0.2, 0.25) is 0 Å². The van der Waals surface area contributed by atoms with Crippen LogP contribution in [-0.4, -0.2) is 42.6 Å². The molecule has 1 aromatic carbocycles. The Morgan fingerprint density at radius 3 is 2.48 bits per heavy atom. The number of esters is 1. The van der Waals surface area contributed by atoms with Crippen LogP contribution >= 0.6 is 0 Å². The second-order valence-electron chi connectivity index (χ2n) is 4.12. The van der Waals surface area contributed by atoms with Crippen molar-refractivity contribution < 1.29 is 23.5 Å². The quantitative estimate of drug-likeness (QED) is 0.617. The summed E-state index contributed by atoms with van der Waals surface area (Å²) < 4.78 is 17.1. The van der Waals surface area contributed by atoms with Gasteiger partial charge in [0.2, 0.25) is 5.91 Å². The molecule has 6 nitrogen and oxygen atoms in total. The van der Waals surface area contributed by atoms with Crippen molar-refractivity contribution in [2.45, 2.75) is 13.3 Å². The Morgan fingerprint density at radius 1 is 1.24 bits per heavy atom. The van der Waals surface area contributed by atoms with Gasteiger partial charge < -0.3 is 4.74 Å². The van der Waals surface area contributed by atoms with Crippen molar-refractivity contribution in [2.75, 3.05) is 19.8 Å². The number of hydrogen-bond donors (Lipinski definition) is 1. The Kier molecular flexibility index (Phi) is 6.86. The van der Waals surface area contributed by atoms with Crippen molar-refractivity contribution in [3.63, 3.8) is 0 Å². The van der Waals surface area contributed by atoms with Gasteiger partial charge in [-0.05, 0) is 12.5 Å². The van der Waals surface area contributed by atoms with E-state index in [9.17, 15) is 18.8 Å². The highest BCUT2D eigenvalue weighted by atomic mass is 19.1. The zero-order chi connectivity index (χ0) is 15.7. The average Bonchev–Trinajstić information content (AvgIpc) is 2.47. The van der Waals surface area contributed by atoms with Gasteiger partial charge in [-0.25, -0.2) is 9.40 Å². The van der Waals surface area contributed by atoms with E-state index < -0.39 is 31.0 Å². The molecule has 0 spiro atoms. The van der Waals surface area contributed by atoms with E-state index in [1.807, 2.05) is 0 Å². The van der Waals surface area contributed by atoms with E-state index in [0.717, 1.165) is 5.56 Å². The van der Waals surface area contributed by atoms with E-state index in [1.165, 1.54) is 0 Å². The zero-order valence-corrected chi connectivity index (χ0v) is 11.7. The van der Waals surface area contributed by atoms with Crippen LogP contribution in [0.4, 0.5) is 4.39 Å². The van der Waals surface area contributed by atoms with Gasteiger partial charge in [0.1, 0.15) is 6.54 Å². The van der Waals surface area contributed by atoms with E-state index in [-0.39, 0.29) is 13.0 Å². The number of alkyl halides is 1. The fraction of sp³-hybridized carbons (Fsp3) is 0.357. The molecule has 1 N–H and O–H groups in total. The number of nitrogens with one attached hydrogen (secondary N) is 1. The first kappa shape index (κ1) is 16.6. The summed E-state index contributed by atoms with van der Waals surface area (Å²) in [5, 5.41) is 0.628. The molecule has 0 atom stereocenters. The highest BCUT2D eigenvalue weighted by Gasteiger charge is 2.20. The fourth-order valence-electron chi connectivity index (χ4n) is 1.57. The van der Waals surface area contributed by atoms with Crippen LogP contribution < -0.4 is 5.43 Å². The van der Waals surface area contributed by atoms with Gasteiger partial charge in [0.25, 0.3) is 5.91 Å². The zero-order valence-electron chi connectivity index (χ0n) is 11.7. The van der Waals surface area contributed by atoms with Crippen molar-refractivity contribution in [1.29, 1.82) is 0 Å². The Labute approximate surface area is 121 Å². The Bertz CT molecular complexity index is 493. The molecule has 2 amide bonds. The van der Waals surface area contributed by atoms with Crippen molar-refractivity contribution in [2.24, 2.45) is 0 Å². The third kappa shape index (κ3) is 6.03. The van der Waals surface area contributed by atoms with Crippen molar-refractivity contribution in [1.82, 2.24) is 10.4 Å². The van der Waals surface area contributed by atoms with Crippen LogP contribution in [0.15, 0.2) is 30.3 Å². The van der Waals surface area contributed by atoms with Gasteiger partial charge in [0.05, 0.1) is 13.0 Å². The average molecular weight is 296 g/mol. The van der Waals surface area contributed by atoms with Crippen LogP contribution in [0.1, 0.15) is 12.5 Å². The lowest BCUT2D eigenvalue weighted by molar-refractivity contribution is -0.153. The molecule has 1 rings (SSSR count). The lowest BCUT2D eigenvalue weighted by Crippen LogP contribution is -2.50. The predicted octanol–water partition coefficient (Wildman–Crippen LogP) is 0.621. The second kappa shape index (κ2) is 8.68. The van der Waals surface area contributed by atoms with Crippen molar-refractivity contribution in [3.05, 3.63) is 35.9 Å². The van der Waals surface area contributed by atoms with Gasteiger partial charge in [-0.3, -0.25) is 19.8 Å². The summed E-state index contributed by atoms with van der Waals surface area (Å²) in [6.45, 7) is -0.107. The molecule has 7 heteroatoms. The summed E-state index contributed by atoms with van der Waals surface area (Å²) >= 11 is 0. The predicted molar refractivity (Wildman–Crippen MR) is 72.6 cm³/mol. The van der Waals surface area contributed by atoms with E-state index in [0.29, 0.717) is 5.01 Å². The summed E-state index contributed by atoms with van der Waals surface area (Å²) in [6, 6.07) is 8.83. The number of carbonyl (C=O) groups excluding carboxylic acids is 3. The lowest BCUT2D eigenvalue weighted by atomic mass is 10.1. The first-order valence-electron chi connectivity index (χ1n) is 6.42.